The van der Waals surface area contributed by atoms with E-state index in [0.717, 1.165) is 16.9 Å². The number of aliphatic hydroxyl groups is 1. The van der Waals surface area contributed by atoms with E-state index in [9.17, 15) is 5.11 Å². The Bertz CT molecular complexity index is 523. The van der Waals surface area contributed by atoms with Gasteiger partial charge in [-0.2, -0.15) is 4.98 Å². The minimum atomic E-state index is -0.559. The Kier molecular flexibility index (Phi) is 5.71. The zero-order valence-electron chi connectivity index (χ0n) is 12.4. The fourth-order valence-corrected chi connectivity index (χ4v) is 2.04. The molecule has 0 saturated heterocycles. The van der Waals surface area contributed by atoms with Crippen molar-refractivity contribution in [1.82, 2.24) is 15.5 Å². The summed E-state index contributed by atoms with van der Waals surface area (Å²) in [5.41, 5.74) is 2.30. The van der Waals surface area contributed by atoms with Gasteiger partial charge in [0.1, 0.15) is 18.5 Å². The average molecular weight is 291 g/mol. The summed E-state index contributed by atoms with van der Waals surface area (Å²) in [5, 5.41) is 16.7. The van der Waals surface area contributed by atoms with Crippen molar-refractivity contribution in [3.05, 3.63) is 41.5 Å². The summed E-state index contributed by atoms with van der Waals surface area (Å²) in [7, 11) is 0. The number of benzene rings is 1. The summed E-state index contributed by atoms with van der Waals surface area (Å²) in [4.78, 5) is 3.92. The number of nitrogens with one attached hydrogen (secondary N) is 1. The first kappa shape index (κ1) is 15.5. The normalized spacial score (nSPS) is 12.3. The Labute approximate surface area is 124 Å². The summed E-state index contributed by atoms with van der Waals surface area (Å²) in [6.07, 6.45) is 1.42. The van der Waals surface area contributed by atoms with E-state index < -0.39 is 6.10 Å². The highest BCUT2D eigenvalue weighted by molar-refractivity contribution is 5.32. The van der Waals surface area contributed by atoms with Crippen LogP contribution in [0.1, 0.15) is 17.0 Å². The van der Waals surface area contributed by atoms with Crippen molar-refractivity contribution >= 4 is 0 Å². The van der Waals surface area contributed by atoms with E-state index in [-0.39, 0.29) is 6.61 Å². The number of aromatic nitrogens is 2. The fraction of sp³-hybridized carbons (Fsp3) is 0.467. The lowest BCUT2D eigenvalue weighted by Crippen LogP contribution is -2.32. The fourth-order valence-electron chi connectivity index (χ4n) is 2.04. The van der Waals surface area contributed by atoms with Crippen LogP contribution in [0.2, 0.25) is 0 Å². The molecular weight excluding hydrogens is 270 g/mol. The van der Waals surface area contributed by atoms with Crippen molar-refractivity contribution < 1.29 is 14.4 Å². The SMILES string of the molecule is Cc1cc(C)cc(OCC(O)CNCCc2ncon2)c1. The van der Waals surface area contributed by atoms with Crippen molar-refractivity contribution in [2.45, 2.75) is 26.4 Å². The molecule has 1 heterocycles. The van der Waals surface area contributed by atoms with Gasteiger partial charge in [0.05, 0.1) is 0 Å². The number of rotatable bonds is 8. The highest BCUT2D eigenvalue weighted by atomic mass is 16.5. The molecule has 21 heavy (non-hydrogen) atoms. The molecule has 0 aliphatic heterocycles. The number of hydrogen-bond acceptors (Lipinski definition) is 6. The number of aliphatic hydroxyl groups excluding tert-OH is 1. The van der Waals surface area contributed by atoms with E-state index >= 15 is 0 Å². The van der Waals surface area contributed by atoms with Crippen LogP contribution in [0.25, 0.3) is 0 Å². The lowest BCUT2D eigenvalue weighted by atomic mass is 10.1. The van der Waals surface area contributed by atoms with Gasteiger partial charge in [0.25, 0.3) is 0 Å². The van der Waals surface area contributed by atoms with E-state index in [0.29, 0.717) is 25.3 Å². The maximum atomic E-state index is 9.87. The predicted molar refractivity (Wildman–Crippen MR) is 78.3 cm³/mol. The third-order valence-electron chi connectivity index (χ3n) is 2.95. The van der Waals surface area contributed by atoms with Gasteiger partial charge >= 0.3 is 0 Å². The van der Waals surface area contributed by atoms with E-state index in [1.54, 1.807) is 0 Å². The van der Waals surface area contributed by atoms with Crippen LogP contribution in [0, 0.1) is 13.8 Å². The van der Waals surface area contributed by atoms with Crippen LogP contribution in [0.3, 0.4) is 0 Å². The highest BCUT2D eigenvalue weighted by Crippen LogP contribution is 2.16. The molecule has 0 aliphatic carbocycles. The minimum Gasteiger partial charge on any atom is -0.491 e. The number of hydrogen-bond donors (Lipinski definition) is 2. The summed E-state index contributed by atoms with van der Waals surface area (Å²) >= 11 is 0. The predicted octanol–water partition coefficient (Wildman–Crippen LogP) is 1.26. The van der Waals surface area contributed by atoms with Crippen LogP contribution in [-0.4, -0.2) is 41.0 Å². The number of ether oxygens (including phenoxy) is 1. The molecule has 0 aliphatic rings. The molecule has 2 N–H and O–H groups in total. The lowest BCUT2D eigenvalue weighted by Gasteiger charge is -2.13. The largest absolute Gasteiger partial charge is 0.491 e. The first-order valence-electron chi connectivity index (χ1n) is 6.98. The Balaban J connectivity index is 1.64. The second kappa shape index (κ2) is 7.75. The smallest absolute Gasteiger partial charge is 0.213 e. The zero-order valence-corrected chi connectivity index (χ0v) is 12.4. The van der Waals surface area contributed by atoms with Crippen molar-refractivity contribution in [2.75, 3.05) is 19.7 Å². The van der Waals surface area contributed by atoms with Crippen LogP contribution in [-0.2, 0) is 6.42 Å². The molecule has 0 amide bonds. The molecule has 1 unspecified atom stereocenters. The second-order valence-corrected chi connectivity index (χ2v) is 5.09. The molecule has 0 saturated carbocycles. The third-order valence-corrected chi connectivity index (χ3v) is 2.95. The van der Waals surface area contributed by atoms with Crippen LogP contribution < -0.4 is 10.1 Å². The molecule has 2 aromatic rings. The van der Waals surface area contributed by atoms with Crippen LogP contribution in [0.5, 0.6) is 5.75 Å². The quantitative estimate of drug-likeness (QED) is 0.713. The molecule has 6 nitrogen and oxygen atoms in total. The van der Waals surface area contributed by atoms with Gasteiger partial charge in [-0.05, 0) is 37.1 Å². The Hall–Kier alpha value is -1.92. The molecular formula is C15H21N3O3. The van der Waals surface area contributed by atoms with Crippen LogP contribution in [0.15, 0.2) is 29.1 Å². The van der Waals surface area contributed by atoms with Gasteiger partial charge in [-0.1, -0.05) is 11.2 Å². The second-order valence-electron chi connectivity index (χ2n) is 5.09. The van der Waals surface area contributed by atoms with Gasteiger partial charge in [-0.15, -0.1) is 0 Å². The Morgan fingerprint density at radius 1 is 1.29 bits per heavy atom. The topological polar surface area (TPSA) is 80.4 Å². The maximum absolute atomic E-state index is 9.87. The summed E-state index contributed by atoms with van der Waals surface area (Å²) in [6.45, 7) is 5.45. The molecule has 6 heteroatoms. The molecule has 0 fully saturated rings. The molecule has 2 rings (SSSR count). The zero-order chi connectivity index (χ0) is 15.1. The molecule has 1 aromatic carbocycles. The summed E-state index contributed by atoms with van der Waals surface area (Å²) < 4.78 is 10.2. The molecule has 1 atom stereocenters. The Morgan fingerprint density at radius 3 is 2.71 bits per heavy atom. The van der Waals surface area contributed by atoms with Gasteiger partial charge in [-0.3, -0.25) is 0 Å². The lowest BCUT2D eigenvalue weighted by molar-refractivity contribution is 0.106. The monoisotopic (exact) mass is 291 g/mol. The molecule has 114 valence electrons. The molecule has 1 aromatic heterocycles. The molecule has 0 radical (unpaired) electrons. The van der Waals surface area contributed by atoms with Crippen LogP contribution >= 0.6 is 0 Å². The van der Waals surface area contributed by atoms with E-state index in [2.05, 4.69) is 26.0 Å². The maximum Gasteiger partial charge on any atom is 0.213 e. The average Bonchev–Trinajstić information content (AvgIpc) is 2.93. The van der Waals surface area contributed by atoms with Gasteiger partial charge < -0.3 is 19.7 Å². The first-order chi connectivity index (χ1) is 10.1. The molecule has 0 spiro atoms. The standard InChI is InChI=1S/C15H21N3O3/c1-11-5-12(2)7-14(6-11)20-9-13(19)8-16-4-3-15-17-10-21-18-15/h5-7,10,13,16,19H,3-4,8-9H2,1-2H3. The van der Waals surface area contributed by atoms with E-state index in [1.165, 1.54) is 6.39 Å². The Morgan fingerprint density at radius 2 is 2.05 bits per heavy atom. The van der Waals surface area contributed by atoms with Gasteiger partial charge in [-0.25, -0.2) is 0 Å². The summed E-state index contributed by atoms with van der Waals surface area (Å²) in [6, 6.07) is 6.01. The van der Waals surface area contributed by atoms with Crippen molar-refractivity contribution in [2.24, 2.45) is 0 Å². The third kappa shape index (κ3) is 5.53. The number of aryl methyl sites for hydroxylation is 2. The van der Waals surface area contributed by atoms with E-state index in [1.807, 2.05) is 26.0 Å². The first-order valence-corrected chi connectivity index (χ1v) is 6.98. The van der Waals surface area contributed by atoms with E-state index in [4.69, 9.17) is 4.74 Å². The van der Waals surface area contributed by atoms with Crippen molar-refractivity contribution in [1.29, 1.82) is 0 Å². The van der Waals surface area contributed by atoms with Gasteiger partial charge in [0, 0.05) is 19.5 Å². The minimum absolute atomic E-state index is 0.262. The summed E-state index contributed by atoms with van der Waals surface area (Å²) in [5.74, 6) is 1.45. The highest BCUT2D eigenvalue weighted by Gasteiger charge is 2.06. The molecule has 0 bridgehead atoms. The van der Waals surface area contributed by atoms with Gasteiger partial charge in [0.2, 0.25) is 6.39 Å². The van der Waals surface area contributed by atoms with Crippen LogP contribution in [0.4, 0.5) is 0 Å². The van der Waals surface area contributed by atoms with Gasteiger partial charge in [0.15, 0.2) is 5.82 Å². The number of nitrogens with zero attached hydrogens (tertiary/aromatic N) is 2. The van der Waals surface area contributed by atoms with Crippen molar-refractivity contribution in [3.63, 3.8) is 0 Å². The van der Waals surface area contributed by atoms with Crippen molar-refractivity contribution in [3.8, 4) is 5.75 Å².